The third-order valence-corrected chi connectivity index (χ3v) is 2.87. The van der Waals surface area contributed by atoms with Crippen molar-refractivity contribution in [3.05, 3.63) is 11.7 Å². The molecule has 0 amide bonds. The first-order chi connectivity index (χ1) is 7.31. The molecule has 1 atom stereocenters. The molecule has 0 aliphatic carbocycles. The molecule has 1 unspecified atom stereocenters. The van der Waals surface area contributed by atoms with Gasteiger partial charge < -0.3 is 9.63 Å². The van der Waals surface area contributed by atoms with Gasteiger partial charge in [0.05, 0.1) is 12.6 Å². The summed E-state index contributed by atoms with van der Waals surface area (Å²) in [5.41, 5.74) is 0. The molecule has 1 saturated heterocycles. The van der Waals surface area contributed by atoms with Crippen LogP contribution in [-0.4, -0.2) is 40.3 Å². The Balaban J connectivity index is 2.06. The van der Waals surface area contributed by atoms with Crippen LogP contribution >= 0.6 is 0 Å². The first-order valence-electron chi connectivity index (χ1n) is 5.45. The third kappa shape index (κ3) is 2.35. The summed E-state index contributed by atoms with van der Waals surface area (Å²) in [5.74, 6) is 1.30. The summed E-state index contributed by atoms with van der Waals surface area (Å²) >= 11 is 0. The van der Waals surface area contributed by atoms with Gasteiger partial charge in [-0.1, -0.05) is 11.6 Å². The van der Waals surface area contributed by atoms with Crippen LogP contribution in [0.2, 0.25) is 0 Å². The van der Waals surface area contributed by atoms with E-state index in [4.69, 9.17) is 9.63 Å². The number of nitrogens with zero attached hydrogens (tertiary/aromatic N) is 3. The molecule has 84 valence electrons. The van der Waals surface area contributed by atoms with E-state index in [0.717, 1.165) is 13.0 Å². The number of aromatic nitrogens is 2. The van der Waals surface area contributed by atoms with Gasteiger partial charge in [-0.3, -0.25) is 4.90 Å². The van der Waals surface area contributed by atoms with E-state index in [1.54, 1.807) is 0 Å². The normalized spacial score (nSPS) is 23.2. The first-order valence-corrected chi connectivity index (χ1v) is 5.45. The van der Waals surface area contributed by atoms with Crippen molar-refractivity contribution < 1.29 is 9.63 Å². The molecule has 0 saturated carbocycles. The molecule has 5 nitrogen and oxygen atoms in total. The second kappa shape index (κ2) is 4.72. The molecular formula is C10H17N3O2. The summed E-state index contributed by atoms with van der Waals surface area (Å²) in [6.45, 7) is 1.15. The highest BCUT2D eigenvalue weighted by atomic mass is 16.5. The maximum absolute atomic E-state index is 8.76. The summed E-state index contributed by atoms with van der Waals surface area (Å²) in [5, 5.41) is 12.6. The molecule has 2 heterocycles. The number of aliphatic hydroxyl groups is 1. The Hall–Kier alpha value is -0.940. The van der Waals surface area contributed by atoms with Gasteiger partial charge in [-0.25, -0.2) is 0 Å². The highest BCUT2D eigenvalue weighted by Gasteiger charge is 2.25. The van der Waals surface area contributed by atoms with Crippen LogP contribution in [-0.2, 0) is 6.42 Å². The lowest BCUT2D eigenvalue weighted by Crippen LogP contribution is -2.29. The summed E-state index contributed by atoms with van der Waals surface area (Å²) in [6, 6.07) is 0.263. The Morgan fingerprint density at radius 2 is 2.40 bits per heavy atom. The summed E-state index contributed by atoms with van der Waals surface area (Å²) < 4.78 is 5.21. The van der Waals surface area contributed by atoms with E-state index in [1.165, 1.54) is 12.8 Å². The number of likely N-dealkylation sites (tertiary alicyclic amines) is 1. The lowest BCUT2D eigenvalue weighted by Gasteiger charge is -2.29. The van der Waals surface area contributed by atoms with Crippen LogP contribution in [0.4, 0.5) is 0 Å². The zero-order chi connectivity index (χ0) is 10.7. The summed E-state index contributed by atoms with van der Waals surface area (Å²) in [6.07, 6.45) is 4.01. The van der Waals surface area contributed by atoms with Crippen LogP contribution in [0.1, 0.15) is 37.0 Å². The van der Waals surface area contributed by atoms with E-state index < -0.39 is 0 Å². The van der Waals surface area contributed by atoms with Crippen LogP contribution in [0.5, 0.6) is 0 Å². The number of rotatable bonds is 3. The van der Waals surface area contributed by atoms with Gasteiger partial charge in [0.1, 0.15) is 0 Å². The highest BCUT2D eigenvalue weighted by Crippen LogP contribution is 2.27. The van der Waals surface area contributed by atoms with Crippen molar-refractivity contribution in [1.82, 2.24) is 15.0 Å². The van der Waals surface area contributed by atoms with E-state index in [2.05, 4.69) is 22.1 Å². The fourth-order valence-corrected chi connectivity index (χ4v) is 1.99. The monoisotopic (exact) mass is 211 g/mol. The largest absolute Gasteiger partial charge is 0.396 e. The Kier molecular flexibility index (Phi) is 3.33. The van der Waals surface area contributed by atoms with Gasteiger partial charge in [0.2, 0.25) is 5.89 Å². The molecule has 1 aliphatic rings. The smallest absolute Gasteiger partial charge is 0.243 e. The molecule has 15 heavy (non-hydrogen) atoms. The number of piperidine rings is 1. The second-order valence-electron chi connectivity index (χ2n) is 4.01. The van der Waals surface area contributed by atoms with Crippen molar-refractivity contribution in [3.63, 3.8) is 0 Å². The fraction of sp³-hybridized carbons (Fsp3) is 0.800. The average Bonchev–Trinajstić information content (AvgIpc) is 2.68. The molecule has 2 rings (SSSR count). The minimum atomic E-state index is 0.0689. The number of aliphatic hydroxyl groups excluding tert-OH is 1. The standard InChI is InChI=1S/C10H17N3O2/c1-13-6-3-2-4-8(13)10-11-9(5-7-14)12-15-10/h8,14H,2-7H2,1H3. The Labute approximate surface area is 89.1 Å². The van der Waals surface area contributed by atoms with E-state index in [0.29, 0.717) is 18.1 Å². The first kappa shape index (κ1) is 10.6. The predicted molar refractivity (Wildman–Crippen MR) is 54.3 cm³/mol. The van der Waals surface area contributed by atoms with Gasteiger partial charge in [0.15, 0.2) is 5.82 Å². The molecule has 1 aliphatic heterocycles. The number of hydrogen-bond donors (Lipinski definition) is 1. The zero-order valence-electron chi connectivity index (χ0n) is 9.02. The van der Waals surface area contributed by atoms with Crippen LogP contribution in [0.25, 0.3) is 0 Å². The molecular weight excluding hydrogens is 194 g/mol. The molecule has 5 heteroatoms. The van der Waals surface area contributed by atoms with Gasteiger partial charge in [-0.2, -0.15) is 4.98 Å². The van der Waals surface area contributed by atoms with Crippen LogP contribution in [0, 0.1) is 0 Å². The van der Waals surface area contributed by atoms with Crippen LogP contribution in [0.15, 0.2) is 4.52 Å². The highest BCUT2D eigenvalue weighted by molar-refractivity contribution is 4.95. The quantitative estimate of drug-likeness (QED) is 0.799. The van der Waals surface area contributed by atoms with Crippen molar-refractivity contribution in [2.24, 2.45) is 0 Å². The topological polar surface area (TPSA) is 62.4 Å². The molecule has 0 aromatic carbocycles. The van der Waals surface area contributed by atoms with E-state index in [1.807, 2.05) is 0 Å². The molecule has 0 spiro atoms. The Morgan fingerprint density at radius 1 is 1.53 bits per heavy atom. The molecule has 1 fully saturated rings. The van der Waals surface area contributed by atoms with Crippen molar-refractivity contribution in [2.45, 2.75) is 31.7 Å². The molecule has 1 N–H and O–H groups in total. The van der Waals surface area contributed by atoms with E-state index in [9.17, 15) is 0 Å². The van der Waals surface area contributed by atoms with Crippen molar-refractivity contribution in [1.29, 1.82) is 0 Å². The van der Waals surface area contributed by atoms with Crippen molar-refractivity contribution in [3.8, 4) is 0 Å². The van der Waals surface area contributed by atoms with Crippen LogP contribution < -0.4 is 0 Å². The van der Waals surface area contributed by atoms with Gasteiger partial charge in [0, 0.05) is 6.42 Å². The van der Waals surface area contributed by atoms with E-state index >= 15 is 0 Å². The van der Waals surface area contributed by atoms with Gasteiger partial charge in [0.25, 0.3) is 0 Å². The SMILES string of the molecule is CN1CCCCC1c1nc(CCO)no1. The van der Waals surface area contributed by atoms with Crippen LogP contribution in [0.3, 0.4) is 0 Å². The van der Waals surface area contributed by atoms with Gasteiger partial charge in [-0.15, -0.1) is 0 Å². The number of hydrogen-bond acceptors (Lipinski definition) is 5. The Morgan fingerprint density at radius 3 is 3.13 bits per heavy atom. The minimum Gasteiger partial charge on any atom is -0.396 e. The maximum atomic E-state index is 8.76. The lowest BCUT2D eigenvalue weighted by atomic mass is 10.0. The van der Waals surface area contributed by atoms with Gasteiger partial charge in [-0.05, 0) is 26.4 Å². The fourth-order valence-electron chi connectivity index (χ4n) is 1.99. The molecule has 0 radical (unpaired) electrons. The predicted octanol–water partition coefficient (Wildman–Crippen LogP) is 0.761. The second-order valence-corrected chi connectivity index (χ2v) is 4.01. The summed E-state index contributed by atoms with van der Waals surface area (Å²) in [7, 11) is 2.08. The molecule has 1 aromatic heterocycles. The van der Waals surface area contributed by atoms with Crippen molar-refractivity contribution in [2.75, 3.05) is 20.2 Å². The van der Waals surface area contributed by atoms with E-state index in [-0.39, 0.29) is 12.6 Å². The zero-order valence-corrected chi connectivity index (χ0v) is 9.02. The molecule has 0 bridgehead atoms. The third-order valence-electron chi connectivity index (χ3n) is 2.87. The molecule has 1 aromatic rings. The minimum absolute atomic E-state index is 0.0689. The lowest BCUT2D eigenvalue weighted by molar-refractivity contribution is 0.150. The summed E-state index contributed by atoms with van der Waals surface area (Å²) in [4.78, 5) is 6.54. The average molecular weight is 211 g/mol. The Bertz CT molecular complexity index is 313. The van der Waals surface area contributed by atoms with Crippen molar-refractivity contribution >= 4 is 0 Å². The maximum Gasteiger partial charge on any atom is 0.243 e. The van der Waals surface area contributed by atoms with Gasteiger partial charge >= 0.3 is 0 Å².